The number of thiophene rings is 1. The fraction of sp³-hybridized carbons (Fsp3) is 0.167. The summed E-state index contributed by atoms with van der Waals surface area (Å²) in [4.78, 5) is 0.840. The van der Waals surface area contributed by atoms with Crippen LogP contribution in [0.1, 0.15) is 11.0 Å². The Kier molecular flexibility index (Phi) is 4.16. The van der Waals surface area contributed by atoms with Crippen LogP contribution in [0, 0.1) is 11.6 Å². The monoisotopic (exact) mass is 289 g/mol. The maximum Gasteiger partial charge on any atom is 0.162 e. The summed E-state index contributed by atoms with van der Waals surface area (Å²) >= 11 is 7.16. The van der Waals surface area contributed by atoms with E-state index in [9.17, 15) is 8.78 Å². The average molecular weight is 290 g/mol. The van der Waals surface area contributed by atoms with Gasteiger partial charge in [-0.05, 0) is 24.3 Å². The second-order valence-corrected chi connectivity index (χ2v) is 5.31. The summed E-state index contributed by atoms with van der Waals surface area (Å²) in [6, 6.07) is 6.90. The van der Waals surface area contributed by atoms with Crippen LogP contribution in [-0.2, 0) is 0 Å². The lowest BCUT2D eigenvalue weighted by Crippen LogP contribution is -2.17. The van der Waals surface area contributed by atoms with Crippen molar-refractivity contribution in [3.63, 3.8) is 0 Å². The Morgan fingerprint density at radius 3 is 2.56 bits per heavy atom. The first-order chi connectivity index (χ1) is 8.60. The zero-order valence-electron chi connectivity index (χ0n) is 9.20. The summed E-state index contributed by atoms with van der Waals surface area (Å²) in [5.74, 6) is -1.63. The van der Waals surface area contributed by atoms with Crippen molar-refractivity contribution in [2.45, 2.75) is 6.10 Å². The number of rotatable bonds is 4. The van der Waals surface area contributed by atoms with Crippen LogP contribution in [-0.4, -0.2) is 6.54 Å². The maximum atomic E-state index is 13.0. The van der Waals surface area contributed by atoms with E-state index in [-0.39, 0.29) is 12.3 Å². The molecule has 2 N–H and O–H groups in total. The van der Waals surface area contributed by atoms with Gasteiger partial charge in [0.15, 0.2) is 11.6 Å². The van der Waals surface area contributed by atoms with Crippen LogP contribution in [0.2, 0.25) is 4.34 Å². The standard InChI is InChI=1S/C12H10ClF2NOS/c13-12-4-3-11(18-12)10(6-16)17-7-1-2-8(14)9(15)5-7/h1-5,10H,6,16H2. The lowest BCUT2D eigenvalue weighted by molar-refractivity contribution is 0.216. The Labute approximate surface area is 112 Å². The fourth-order valence-corrected chi connectivity index (χ4v) is 2.54. The molecule has 2 aromatic rings. The van der Waals surface area contributed by atoms with Crippen LogP contribution in [0.25, 0.3) is 0 Å². The first-order valence-electron chi connectivity index (χ1n) is 5.17. The Bertz CT molecular complexity index is 547. The summed E-state index contributed by atoms with van der Waals surface area (Å²) in [5.41, 5.74) is 5.60. The van der Waals surface area contributed by atoms with Crippen molar-refractivity contribution in [2.24, 2.45) is 5.73 Å². The average Bonchev–Trinajstić information content (AvgIpc) is 2.77. The smallest absolute Gasteiger partial charge is 0.162 e. The summed E-state index contributed by atoms with van der Waals surface area (Å²) in [6.07, 6.45) is -0.424. The van der Waals surface area contributed by atoms with Gasteiger partial charge in [0.2, 0.25) is 0 Å². The summed E-state index contributed by atoms with van der Waals surface area (Å²) in [5, 5.41) is 0. The van der Waals surface area contributed by atoms with Crippen molar-refractivity contribution in [3.05, 3.63) is 51.2 Å². The van der Waals surface area contributed by atoms with Gasteiger partial charge in [-0.3, -0.25) is 0 Å². The van der Waals surface area contributed by atoms with Crippen LogP contribution in [0.3, 0.4) is 0 Å². The summed E-state index contributed by atoms with van der Waals surface area (Å²) < 4.78 is 32.0. The van der Waals surface area contributed by atoms with Gasteiger partial charge in [0.05, 0.1) is 4.34 Å². The molecule has 96 valence electrons. The van der Waals surface area contributed by atoms with Crippen molar-refractivity contribution in [3.8, 4) is 5.75 Å². The molecule has 1 heterocycles. The molecule has 1 aromatic heterocycles. The SMILES string of the molecule is NCC(Oc1ccc(F)c(F)c1)c1ccc(Cl)s1. The highest BCUT2D eigenvalue weighted by molar-refractivity contribution is 7.16. The molecule has 0 aliphatic rings. The van der Waals surface area contributed by atoms with Gasteiger partial charge < -0.3 is 10.5 Å². The molecule has 0 aliphatic carbocycles. The molecule has 1 unspecified atom stereocenters. The van der Waals surface area contributed by atoms with E-state index in [1.807, 2.05) is 0 Å². The molecule has 0 fully saturated rings. The normalized spacial score (nSPS) is 12.4. The number of nitrogens with two attached hydrogens (primary N) is 1. The lowest BCUT2D eigenvalue weighted by Gasteiger charge is -2.16. The molecule has 2 nitrogen and oxygen atoms in total. The minimum Gasteiger partial charge on any atom is -0.483 e. The highest BCUT2D eigenvalue weighted by atomic mass is 35.5. The number of halogens is 3. The van der Waals surface area contributed by atoms with Crippen LogP contribution in [0.5, 0.6) is 5.75 Å². The van der Waals surface area contributed by atoms with E-state index in [0.29, 0.717) is 4.34 Å². The van der Waals surface area contributed by atoms with E-state index in [1.165, 1.54) is 17.4 Å². The third kappa shape index (κ3) is 2.98. The minimum atomic E-state index is -0.951. The maximum absolute atomic E-state index is 13.0. The largest absolute Gasteiger partial charge is 0.483 e. The Morgan fingerprint density at radius 2 is 2.00 bits per heavy atom. The molecule has 6 heteroatoms. The number of hydrogen-bond donors (Lipinski definition) is 1. The third-order valence-corrected chi connectivity index (χ3v) is 3.62. The summed E-state index contributed by atoms with van der Waals surface area (Å²) in [6.45, 7) is 0.218. The third-order valence-electron chi connectivity index (χ3n) is 2.29. The van der Waals surface area contributed by atoms with Crippen LogP contribution in [0.4, 0.5) is 8.78 Å². The van der Waals surface area contributed by atoms with E-state index >= 15 is 0 Å². The van der Waals surface area contributed by atoms with Crippen LogP contribution in [0.15, 0.2) is 30.3 Å². The molecule has 0 aliphatic heterocycles. The molecular weight excluding hydrogens is 280 g/mol. The molecule has 0 bridgehead atoms. The van der Waals surface area contributed by atoms with Gasteiger partial charge in [-0.25, -0.2) is 8.78 Å². The van der Waals surface area contributed by atoms with Crippen molar-refractivity contribution >= 4 is 22.9 Å². The highest BCUT2D eigenvalue weighted by Crippen LogP contribution is 2.30. The summed E-state index contributed by atoms with van der Waals surface area (Å²) in [7, 11) is 0. The molecule has 0 saturated heterocycles. The van der Waals surface area contributed by atoms with Crippen molar-refractivity contribution in [1.82, 2.24) is 0 Å². The molecular formula is C12H10ClF2NOS. The van der Waals surface area contributed by atoms with E-state index in [4.69, 9.17) is 22.1 Å². The topological polar surface area (TPSA) is 35.2 Å². The quantitative estimate of drug-likeness (QED) is 0.930. The lowest BCUT2D eigenvalue weighted by atomic mass is 10.2. The predicted molar refractivity (Wildman–Crippen MR) is 68.1 cm³/mol. The second-order valence-electron chi connectivity index (χ2n) is 3.56. The predicted octanol–water partition coefficient (Wildman–Crippen LogP) is 3.76. The molecule has 1 aromatic carbocycles. The van der Waals surface area contributed by atoms with Gasteiger partial charge in [0.1, 0.15) is 11.9 Å². The molecule has 0 spiro atoms. The molecule has 2 rings (SSSR count). The van der Waals surface area contributed by atoms with Gasteiger partial charge in [0, 0.05) is 17.5 Å². The van der Waals surface area contributed by atoms with Crippen molar-refractivity contribution in [1.29, 1.82) is 0 Å². The first-order valence-corrected chi connectivity index (χ1v) is 6.36. The number of hydrogen-bond acceptors (Lipinski definition) is 3. The van der Waals surface area contributed by atoms with Gasteiger partial charge in [-0.2, -0.15) is 0 Å². The van der Waals surface area contributed by atoms with E-state index in [1.54, 1.807) is 12.1 Å². The van der Waals surface area contributed by atoms with Gasteiger partial charge in [-0.1, -0.05) is 11.6 Å². The van der Waals surface area contributed by atoms with Gasteiger partial charge >= 0.3 is 0 Å². The Morgan fingerprint density at radius 1 is 1.22 bits per heavy atom. The number of benzene rings is 1. The van der Waals surface area contributed by atoms with Crippen molar-refractivity contribution in [2.75, 3.05) is 6.54 Å². The van der Waals surface area contributed by atoms with Crippen LogP contribution >= 0.6 is 22.9 Å². The fourth-order valence-electron chi connectivity index (χ4n) is 1.44. The minimum absolute atomic E-state index is 0.218. The zero-order chi connectivity index (χ0) is 13.1. The van der Waals surface area contributed by atoms with E-state index in [2.05, 4.69) is 0 Å². The first kappa shape index (κ1) is 13.3. The molecule has 0 radical (unpaired) electrons. The number of ether oxygens (including phenoxy) is 1. The van der Waals surface area contributed by atoms with Gasteiger partial charge in [0.25, 0.3) is 0 Å². The van der Waals surface area contributed by atoms with Gasteiger partial charge in [-0.15, -0.1) is 11.3 Å². The Balaban J connectivity index is 2.17. The van der Waals surface area contributed by atoms with Crippen molar-refractivity contribution < 1.29 is 13.5 Å². The molecule has 0 saturated carbocycles. The highest BCUT2D eigenvalue weighted by Gasteiger charge is 2.15. The molecule has 1 atom stereocenters. The molecule has 0 amide bonds. The molecule has 18 heavy (non-hydrogen) atoms. The second kappa shape index (κ2) is 5.65. The zero-order valence-corrected chi connectivity index (χ0v) is 10.8. The van der Waals surface area contributed by atoms with E-state index in [0.717, 1.165) is 17.0 Å². The Hall–Kier alpha value is -1.17. The van der Waals surface area contributed by atoms with Crippen LogP contribution < -0.4 is 10.5 Å². The van der Waals surface area contributed by atoms with E-state index < -0.39 is 17.7 Å².